The molecule has 0 saturated carbocycles. The van der Waals surface area contributed by atoms with Gasteiger partial charge in [-0.3, -0.25) is 0 Å². The van der Waals surface area contributed by atoms with Crippen molar-refractivity contribution in [2.45, 2.75) is 37.5 Å². The molecule has 3 nitrogen and oxygen atoms in total. The third kappa shape index (κ3) is 3.96. The van der Waals surface area contributed by atoms with Gasteiger partial charge < -0.3 is 5.32 Å². The summed E-state index contributed by atoms with van der Waals surface area (Å²) in [5, 5.41) is 3.37. The van der Waals surface area contributed by atoms with Gasteiger partial charge in [-0.25, -0.2) is 8.42 Å². The van der Waals surface area contributed by atoms with Crippen molar-refractivity contribution < 1.29 is 8.42 Å². The van der Waals surface area contributed by atoms with Crippen molar-refractivity contribution in [1.29, 1.82) is 0 Å². The third-order valence-corrected chi connectivity index (χ3v) is 6.35. The van der Waals surface area contributed by atoms with E-state index in [0.29, 0.717) is 12.6 Å². The number of hydrogen-bond acceptors (Lipinski definition) is 4. The first kappa shape index (κ1) is 13.3. The molecule has 1 rings (SSSR count). The van der Waals surface area contributed by atoms with Crippen LogP contribution in [0.15, 0.2) is 0 Å². The Hall–Kier alpha value is 0.260. The molecule has 0 spiro atoms. The molecule has 0 aromatic heterocycles. The molecule has 1 N–H and O–H groups in total. The van der Waals surface area contributed by atoms with Gasteiger partial charge >= 0.3 is 0 Å². The summed E-state index contributed by atoms with van der Waals surface area (Å²) >= 11 is 1.95. The molecule has 1 heterocycles. The number of thioether (sulfide) groups is 1. The average Bonchev–Trinajstić information content (AvgIpc) is 2.15. The molecule has 90 valence electrons. The normalized spacial score (nSPS) is 24.1. The van der Waals surface area contributed by atoms with Gasteiger partial charge in [-0.2, -0.15) is 11.8 Å². The lowest BCUT2D eigenvalue weighted by atomic mass is 10.1. The van der Waals surface area contributed by atoms with Crippen LogP contribution in [0.2, 0.25) is 0 Å². The maximum absolute atomic E-state index is 11.5. The van der Waals surface area contributed by atoms with E-state index >= 15 is 0 Å². The molecule has 0 radical (unpaired) electrons. The molecule has 0 aromatic carbocycles. The molecule has 1 unspecified atom stereocenters. The van der Waals surface area contributed by atoms with Crippen molar-refractivity contribution in [1.82, 2.24) is 5.32 Å². The minimum absolute atomic E-state index is 0.491. The predicted octanol–water partition coefficient (Wildman–Crippen LogP) is 1.29. The first-order valence-corrected chi connectivity index (χ1v) is 8.38. The van der Waals surface area contributed by atoms with Crippen LogP contribution in [0.5, 0.6) is 0 Å². The van der Waals surface area contributed by atoms with Crippen LogP contribution in [0.4, 0.5) is 0 Å². The quantitative estimate of drug-likeness (QED) is 0.818. The summed E-state index contributed by atoms with van der Waals surface area (Å²) < 4.78 is 22.3. The van der Waals surface area contributed by atoms with Gasteiger partial charge in [-0.05, 0) is 32.4 Å². The van der Waals surface area contributed by atoms with E-state index in [-0.39, 0.29) is 0 Å². The topological polar surface area (TPSA) is 46.2 Å². The first-order valence-electron chi connectivity index (χ1n) is 5.34. The van der Waals surface area contributed by atoms with Crippen LogP contribution in [0.3, 0.4) is 0 Å². The van der Waals surface area contributed by atoms with E-state index < -0.39 is 14.6 Å². The molecule has 15 heavy (non-hydrogen) atoms. The fourth-order valence-corrected chi connectivity index (χ4v) is 2.87. The highest BCUT2D eigenvalue weighted by Crippen LogP contribution is 2.19. The highest BCUT2D eigenvalue weighted by atomic mass is 32.2. The Morgan fingerprint density at radius 2 is 2.13 bits per heavy atom. The van der Waals surface area contributed by atoms with E-state index in [0.717, 1.165) is 5.75 Å². The molecule has 0 aromatic rings. The third-order valence-electron chi connectivity index (χ3n) is 2.98. The summed E-state index contributed by atoms with van der Waals surface area (Å²) in [5.74, 6) is 2.35. The predicted molar refractivity (Wildman–Crippen MR) is 67.3 cm³/mol. The summed E-state index contributed by atoms with van der Waals surface area (Å²) in [7, 11) is -2.97. The Balaban J connectivity index is 2.41. The van der Waals surface area contributed by atoms with Gasteiger partial charge in [-0.1, -0.05) is 0 Å². The second-order valence-electron chi connectivity index (χ2n) is 4.83. The smallest absolute Gasteiger partial charge is 0.153 e. The number of nitrogens with one attached hydrogen (secondary N) is 1. The van der Waals surface area contributed by atoms with Crippen LogP contribution in [0, 0.1) is 0 Å². The fraction of sp³-hybridized carbons (Fsp3) is 1.00. The lowest BCUT2D eigenvalue weighted by molar-refractivity contribution is 0.460. The van der Waals surface area contributed by atoms with Crippen molar-refractivity contribution in [2.75, 3.05) is 24.3 Å². The molecular formula is C10H21NO2S2. The maximum atomic E-state index is 11.5. The van der Waals surface area contributed by atoms with Gasteiger partial charge in [0.2, 0.25) is 0 Å². The first-order chi connectivity index (χ1) is 6.83. The monoisotopic (exact) mass is 251 g/mol. The van der Waals surface area contributed by atoms with Crippen molar-refractivity contribution in [3.05, 3.63) is 0 Å². The van der Waals surface area contributed by atoms with Crippen molar-refractivity contribution in [3.8, 4) is 0 Å². The van der Waals surface area contributed by atoms with Crippen molar-refractivity contribution >= 4 is 21.6 Å². The lowest BCUT2D eigenvalue weighted by Gasteiger charge is -2.28. The minimum Gasteiger partial charge on any atom is -0.312 e. The van der Waals surface area contributed by atoms with E-state index in [2.05, 4.69) is 5.32 Å². The van der Waals surface area contributed by atoms with E-state index in [1.807, 2.05) is 11.8 Å². The van der Waals surface area contributed by atoms with Crippen LogP contribution in [0.25, 0.3) is 0 Å². The van der Waals surface area contributed by atoms with Gasteiger partial charge in [-0.15, -0.1) is 0 Å². The standard InChI is InChI=1S/C10H21NO2S2/c1-10(2,15(3,12)13)8-11-9-5-4-6-14-7-9/h9,11H,4-8H2,1-3H3. The Labute approximate surface area is 97.3 Å². The van der Waals surface area contributed by atoms with Gasteiger partial charge in [0.25, 0.3) is 0 Å². The van der Waals surface area contributed by atoms with Crippen molar-refractivity contribution in [3.63, 3.8) is 0 Å². The van der Waals surface area contributed by atoms with Gasteiger partial charge in [0.1, 0.15) is 0 Å². The zero-order chi connectivity index (χ0) is 11.5. The molecule has 1 saturated heterocycles. The number of sulfone groups is 1. The Morgan fingerprint density at radius 1 is 1.47 bits per heavy atom. The summed E-state index contributed by atoms with van der Waals surface area (Å²) in [5.41, 5.74) is 0. The molecular weight excluding hydrogens is 230 g/mol. The van der Waals surface area contributed by atoms with Crippen LogP contribution in [-0.4, -0.2) is 43.5 Å². The lowest BCUT2D eigenvalue weighted by Crippen LogP contribution is -2.46. The minimum atomic E-state index is -2.97. The molecule has 5 heteroatoms. The number of hydrogen-bond donors (Lipinski definition) is 1. The molecule has 1 aliphatic rings. The van der Waals surface area contributed by atoms with Crippen LogP contribution < -0.4 is 5.32 Å². The largest absolute Gasteiger partial charge is 0.312 e. The molecule has 1 aliphatic heterocycles. The molecule has 1 fully saturated rings. The summed E-state index contributed by atoms with van der Waals surface area (Å²) in [4.78, 5) is 0. The zero-order valence-electron chi connectivity index (χ0n) is 9.75. The second-order valence-corrected chi connectivity index (χ2v) is 8.63. The van der Waals surface area contributed by atoms with Crippen LogP contribution >= 0.6 is 11.8 Å². The van der Waals surface area contributed by atoms with Gasteiger partial charge in [0.15, 0.2) is 9.84 Å². The number of rotatable bonds is 4. The van der Waals surface area contributed by atoms with E-state index in [4.69, 9.17) is 0 Å². The summed E-state index contributed by atoms with van der Waals surface area (Å²) in [6, 6.07) is 0.491. The highest BCUT2D eigenvalue weighted by Gasteiger charge is 2.30. The molecule has 0 bridgehead atoms. The second kappa shape index (κ2) is 5.06. The molecule has 1 atom stereocenters. The van der Waals surface area contributed by atoms with E-state index in [1.54, 1.807) is 13.8 Å². The Kier molecular flexibility index (Phi) is 4.50. The fourth-order valence-electron chi connectivity index (χ4n) is 1.42. The summed E-state index contributed by atoms with van der Waals surface area (Å²) in [6.45, 7) is 4.12. The van der Waals surface area contributed by atoms with Crippen LogP contribution in [-0.2, 0) is 9.84 Å². The maximum Gasteiger partial charge on any atom is 0.153 e. The van der Waals surface area contributed by atoms with Gasteiger partial charge in [0, 0.05) is 24.6 Å². The SMILES string of the molecule is CC(C)(CNC1CCCSC1)S(C)(=O)=O. The van der Waals surface area contributed by atoms with Gasteiger partial charge in [0.05, 0.1) is 4.75 Å². The zero-order valence-corrected chi connectivity index (χ0v) is 11.4. The molecule has 0 amide bonds. The summed E-state index contributed by atoms with van der Waals surface area (Å²) in [6.07, 6.45) is 3.72. The Morgan fingerprint density at radius 3 is 2.60 bits per heavy atom. The van der Waals surface area contributed by atoms with E-state index in [9.17, 15) is 8.42 Å². The highest BCUT2D eigenvalue weighted by molar-refractivity contribution is 7.99. The van der Waals surface area contributed by atoms with E-state index in [1.165, 1.54) is 24.9 Å². The Bertz CT molecular complexity index is 293. The molecule has 0 aliphatic carbocycles. The van der Waals surface area contributed by atoms with Crippen LogP contribution in [0.1, 0.15) is 26.7 Å². The average molecular weight is 251 g/mol. The van der Waals surface area contributed by atoms with Crippen molar-refractivity contribution in [2.24, 2.45) is 0 Å².